The summed E-state index contributed by atoms with van der Waals surface area (Å²) in [6.45, 7) is 1.80. The molecule has 3 nitrogen and oxygen atoms in total. The Morgan fingerprint density at radius 3 is 2.63 bits per heavy atom. The molecule has 0 unspecified atom stereocenters. The summed E-state index contributed by atoms with van der Waals surface area (Å²) in [4.78, 5) is 10.7. The molecule has 0 saturated heterocycles. The Balaban J connectivity index is 2.36. The lowest BCUT2D eigenvalue weighted by atomic mass is 10.1. The second-order valence-corrected chi connectivity index (χ2v) is 4.00. The van der Waals surface area contributed by atoms with Crippen molar-refractivity contribution in [1.29, 1.82) is 5.26 Å². The quantitative estimate of drug-likeness (QED) is 0.787. The van der Waals surface area contributed by atoms with Crippen molar-refractivity contribution in [3.63, 3.8) is 0 Å². The number of carbonyl (C=O) groups is 1. The van der Waals surface area contributed by atoms with Gasteiger partial charge in [-0.25, -0.2) is 4.39 Å². The molecule has 0 aliphatic heterocycles. The van der Waals surface area contributed by atoms with Crippen molar-refractivity contribution in [2.75, 3.05) is 0 Å². The average molecular weight is 255 g/mol. The number of ether oxygens (including phenoxy) is 1. The highest BCUT2D eigenvalue weighted by Gasteiger charge is 2.08. The van der Waals surface area contributed by atoms with E-state index in [4.69, 9.17) is 10.00 Å². The largest absolute Gasteiger partial charge is 0.454 e. The number of benzene rings is 2. The van der Waals surface area contributed by atoms with Crippen molar-refractivity contribution in [1.82, 2.24) is 0 Å². The van der Waals surface area contributed by atoms with Gasteiger partial charge in [0.15, 0.2) is 11.6 Å². The van der Waals surface area contributed by atoms with Crippen LogP contribution in [0.5, 0.6) is 11.5 Å². The lowest BCUT2D eigenvalue weighted by Gasteiger charge is -2.10. The molecule has 2 rings (SSSR count). The Morgan fingerprint density at radius 1 is 1.21 bits per heavy atom. The van der Waals surface area contributed by atoms with Crippen LogP contribution in [0.1, 0.15) is 21.5 Å². The normalized spacial score (nSPS) is 9.74. The molecule has 0 saturated carbocycles. The molecule has 0 atom stereocenters. The number of hydrogen-bond acceptors (Lipinski definition) is 3. The molecule has 0 N–H and O–H groups in total. The Bertz CT molecular complexity index is 674. The van der Waals surface area contributed by atoms with E-state index >= 15 is 0 Å². The summed E-state index contributed by atoms with van der Waals surface area (Å²) < 4.78 is 19.1. The van der Waals surface area contributed by atoms with Crippen molar-refractivity contribution in [2.24, 2.45) is 0 Å². The van der Waals surface area contributed by atoms with Gasteiger partial charge in [-0.15, -0.1) is 0 Å². The average Bonchev–Trinajstić information content (AvgIpc) is 2.43. The van der Waals surface area contributed by atoms with Crippen LogP contribution in [0.15, 0.2) is 36.4 Å². The van der Waals surface area contributed by atoms with E-state index in [2.05, 4.69) is 0 Å². The molecule has 0 bridgehead atoms. The van der Waals surface area contributed by atoms with Crippen LogP contribution in [0, 0.1) is 24.1 Å². The van der Waals surface area contributed by atoms with Crippen LogP contribution in [0.25, 0.3) is 0 Å². The molecule has 4 heteroatoms. The first kappa shape index (κ1) is 12.8. The summed E-state index contributed by atoms with van der Waals surface area (Å²) in [7, 11) is 0. The molecule has 94 valence electrons. The lowest BCUT2D eigenvalue weighted by Crippen LogP contribution is -1.93. The van der Waals surface area contributed by atoms with Gasteiger partial charge in [0.2, 0.25) is 0 Å². The summed E-state index contributed by atoms with van der Waals surface area (Å²) in [6, 6.07) is 10.7. The van der Waals surface area contributed by atoms with E-state index in [1.54, 1.807) is 25.1 Å². The topological polar surface area (TPSA) is 50.1 Å². The van der Waals surface area contributed by atoms with E-state index in [1.165, 1.54) is 12.1 Å². The molecular formula is C15H10FNO2. The fraction of sp³-hybridized carbons (Fsp3) is 0.0667. The van der Waals surface area contributed by atoms with Gasteiger partial charge in [0.25, 0.3) is 0 Å². The van der Waals surface area contributed by atoms with Gasteiger partial charge in [-0.2, -0.15) is 5.26 Å². The molecule has 0 spiro atoms. The highest BCUT2D eigenvalue weighted by atomic mass is 19.1. The third-order valence-corrected chi connectivity index (χ3v) is 2.63. The van der Waals surface area contributed by atoms with E-state index < -0.39 is 5.82 Å². The number of nitriles is 1. The molecule has 0 radical (unpaired) electrons. The minimum atomic E-state index is -0.616. The minimum Gasteiger partial charge on any atom is -0.454 e. The molecule has 0 aromatic heterocycles. The first-order valence-corrected chi connectivity index (χ1v) is 5.57. The van der Waals surface area contributed by atoms with Crippen LogP contribution < -0.4 is 4.74 Å². The third kappa shape index (κ3) is 2.78. The van der Waals surface area contributed by atoms with Crippen LogP contribution >= 0.6 is 0 Å². The first-order valence-electron chi connectivity index (χ1n) is 5.57. The Labute approximate surface area is 109 Å². The standard InChI is InChI=1S/C15H10FNO2/c1-10-2-3-12(9-18)7-15(10)19-14-5-4-11(8-17)6-13(14)16/h2-7,9H,1H3. The molecular weight excluding hydrogens is 245 g/mol. The zero-order chi connectivity index (χ0) is 13.8. The van der Waals surface area contributed by atoms with E-state index in [0.29, 0.717) is 17.6 Å². The number of hydrogen-bond donors (Lipinski definition) is 0. The Kier molecular flexibility index (Phi) is 3.58. The lowest BCUT2D eigenvalue weighted by molar-refractivity contribution is 0.112. The second kappa shape index (κ2) is 5.32. The molecule has 0 fully saturated rings. The molecule has 0 aliphatic rings. The maximum absolute atomic E-state index is 13.7. The van der Waals surface area contributed by atoms with Gasteiger partial charge in [0.05, 0.1) is 11.6 Å². The van der Waals surface area contributed by atoms with Gasteiger partial charge in [0.1, 0.15) is 12.0 Å². The minimum absolute atomic E-state index is 0.0187. The summed E-state index contributed by atoms with van der Waals surface area (Å²) >= 11 is 0. The predicted octanol–water partition coefficient (Wildman–Crippen LogP) is 3.61. The van der Waals surface area contributed by atoms with E-state index in [9.17, 15) is 9.18 Å². The fourth-order valence-corrected chi connectivity index (χ4v) is 1.57. The monoisotopic (exact) mass is 255 g/mol. The van der Waals surface area contributed by atoms with Crippen LogP contribution in [-0.2, 0) is 0 Å². The molecule has 2 aromatic rings. The highest BCUT2D eigenvalue weighted by Crippen LogP contribution is 2.28. The van der Waals surface area contributed by atoms with Gasteiger partial charge >= 0.3 is 0 Å². The van der Waals surface area contributed by atoms with Crippen LogP contribution in [0.2, 0.25) is 0 Å². The van der Waals surface area contributed by atoms with Gasteiger partial charge < -0.3 is 4.74 Å². The number of rotatable bonds is 3. The van der Waals surface area contributed by atoms with Crippen LogP contribution in [0.4, 0.5) is 4.39 Å². The van der Waals surface area contributed by atoms with Crippen molar-refractivity contribution in [3.8, 4) is 17.6 Å². The van der Waals surface area contributed by atoms with Crippen molar-refractivity contribution >= 4 is 6.29 Å². The number of nitrogens with zero attached hydrogens (tertiary/aromatic N) is 1. The Hall–Kier alpha value is -2.67. The van der Waals surface area contributed by atoms with Crippen molar-refractivity contribution in [3.05, 3.63) is 58.9 Å². The first-order chi connectivity index (χ1) is 9.13. The number of halogens is 1. The summed E-state index contributed by atoms with van der Waals surface area (Å²) in [5.41, 5.74) is 1.47. The van der Waals surface area contributed by atoms with Crippen molar-refractivity contribution in [2.45, 2.75) is 6.92 Å². The molecule has 0 aliphatic carbocycles. The zero-order valence-corrected chi connectivity index (χ0v) is 10.2. The van der Waals surface area contributed by atoms with E-state index in [0.717, 1.165) is 11.6 Å². The van der Waals surface area contributed by atoms with Gasteiger partial charge in [-0.05, 0) is 36.8 Å². The van der Waals surface area contributed by atoms with E-state index in [-0.39, 0.29) is 11.3 Å². The maximum atomic E-state index is 13.7. The van der Waals surface area contributed by atoms with Gasteiger partial charge in [-0.1, -0.05) is 12.1 Å². The zero-order valence-electron chi connectivity index (χ0n) is 10.2. The third-order valence-electron chi connectivity index (χ3n) is 2.63. The van der Waals surface area contributed by atoms with Gasteiger partial charge in [-0.3, -0.25) is 4.79 Å². The van der Waals surface area contributed by atoms with E-state index in [1.807, 2.05) is 6.07 Å². The SMILES string of the molecule is Cc1ccc(C=O)cc1Oc1ccc(C#N)cc1F. The predicted molar refractivity (Wildman–Crippen MR) is 67.8 cm³/mol. The number of aryl methyl sites for hydroxylation is 1. The molecule has 19 heavy (non-hydrogen) atoms. The number of carbonyl (C=O) groups excluding carboxylic acids is 1. The Morgan fingerprint density at radius 2 is 2.00 bits per heavy atom. The fourth-order valence-electron chi connectivity index (χ4n) is 1.57. The molecule has 2 aromatic carbocycles. The second-order valence-electron chi connectivity index (χ2n) is 4.00. The van der Waals surface area contributed by atoms with Crippen LogP contribution in [0.3, 0.4) is 0 Å². The van der Waals surface area contributed by atoms with Crippen molar-refractivity contribution < 1.29 is 13.9 Å². The summed E-state index contributed by atoms with van der Waals surface area (Å²) in [6.07, 6.45) is 0.696. The smallest absolute Gasteiger partial charge is 0.167 e. The summed E-state index contributed by atoms with van der Waals surface area (Å²) in [5, 5.41) is 8.66. The molecule has 0 heterocycles. The maximum Gasteiger partial charge on any atom is 0.167 e. The van der Waals surface area contributed by atoms with Gasteiger partial charge in [0, 0.05) is 5.56 Å². The molecule has 0 amide bonds. The number of aldehydes is 1. The highest BCUT2D eigenvalue weighted by molar-refractivity contribution is 5.76. The summed E-state index contributed by atoms with van der Waals surface area (Å²) in [5.74, 6) is -0.187. The van der Waals surface area contributed by atoms with Crippen LogP contribution in [-0.4, -0.2) is 6.29 Å².